The fraction of sp³-hybridized carbons (Fsp3) is 0.133. The SMILES string of the molecule is CCOC(=O)c1ccccc1NC(=O)c1ccnc(Cl)c1. The third kappa shape index (κ3) is 3.79. The average Bonchev–Trinajstić information content (AvgIpc) is 2.48. The lowest BCUT2D eigenvalue weighted by Crippen LogP contribution is -2.16. The third-order valence-corrected chi connectivity index (χ3v) is 2.87. The molecule has 0 bridgehead atoms. The number of rotatable bonds is 4. The molecule has 5 nitrogen and oxygen atoms in total. The predicted octanol–water partition coefficient (Wildman–Crippen LogP) is 3.16. The number of nitrogens with one attached hydrogen (secondary N) is 1. The van der Waals surface area contributed by atoms with Crippen molar-refractivity contribution in [2.75, 3.05) is 11.9 Å². The van der Waals surface area contributed by atoms with Crippen molar-refractivity contribution in [2.24, 2.45) is 0 Å². The Hall–Kier alpha value is -2.40. The molecule has 21 heavy (non-hydrogen) atoms. The van der Waals surface area contributed by atoms with Crippen molar-refractivity contribution in [2.45, 2.75) is 6.92 Å². The summed E-state index contributed by atoms with van der Waals surface area (Å²) >= 11 is 5.75. The van der Waals surface area contributed by atoms with Crippen LogP contribution >= 0.6 is 11.6 Å². The normalized spacial score (nSPS) is 10.0. The molecule has 1 aromatic heterocycles. The number of hydrogen-bond donors (Lipinski definition) is 1. The number of amides is 1. The second kappa shape index (κ2) is 6.85. The van der Waals surface area contributed by atoms with Crippen LogP contribution < -0.4 is 5.32 Å². The Morgan fingerprint density at radius 1 is 1.29 bits per heavy atom. The second-order valence-corrected chi connectivity index (χ2v) is 4.47. The summed E-state index contributed by atoms with van der Waals surface area (Å²) in [6, 6.07) is 9.63. The minimum absolute atomic E-state index is 0.223. The average molecular weight is 305 g/mol. The van der Waals surface area contributed by atoms with Gasteiger partial charge in [0.25, 0.3) is 5.91 Å². The highest BCUT2D eigenvalue weighted by Crippen LogP contribution is 2.18. The first-order valence-corrected chi connectivity index (χ1v) is 6.68. The number of halogens is 1. The summed E-state index contributed by atoms with van der Waals surface area (Å²) in [5.74, 6) is -0.864. The molecule has 0 spiro atoms. The number of para-hydroxylation sites is 1. The second-order valence-electron chi connectivity index (χ2n) is 4.09. The Morgan fingerprint density at radius 3 is 2.76 bits per heavy atom. The molecule has 2 rings (SSSR count). The first kappa shape index (κ1) is 15.0. The standard InChI is InChI=1S/C15H13ClN2O3/c1-2-21-15(20)11-5-3-4-6-12(11)18-14(19)10-7-8-17-13(16)9-10/h3-9H,2H2,1H3,(H,18,19). The molecule has 108 valence electrons. The lowest BCUT2D eigenvalue weighted by molar-refractivity contribution is 0.0527. The Morgan fingerprint density at radius 2 is 2.05 bits per heavy atom. The number of hydrogen-bond acceptors (Lipinski definition) is 4. The number of anilines is 1. The van der Waals surface area contributed by atoms with Crippen LogP contribution in [-0.2, 0) is 4.74 Å². The fourth-order valence-electron chi connectivity index (χ4n) is 1.72. The van der Waals surface area contributed by atoms with Gasteiger partial charge in [-0.2, -0.15) is 0 Å². The molecule has 1 aromatic carbocycles. The van der Waals surface area contributed by atoms with Crippen molar-refractivity contribution >= 4 is 29.2 Å². The van der Waals surface area contributed by atoms with Crippen molar-refractivity contribution in [1.82, 2.24) is 4.98 Å². The van der Waals surface area contributed by atoms with Gasteiger partial charge >= 0.3 is 5.97 Å². The van der Waals surface area contributed by atoms with Gasteiger partial charge in [0.15, 0.2) is 0 Å². The van der Waals surface area contributed by atoms with E-state index < -0.39 is 5.97 Å². The number of nitrogens with zero attached hydrogens (tertiary/aromatic N) is 1. The van der Waals surface area contributed by atoms with Crippen LogP contribution in [0.3, 0.4) is 0 Å². The van der Waals surface area contributed by atoms with Gasteiger partial charge in [0.05, 0.1) is 17.9 Å². The zero-order valence-electron chi connectivity index (χ0n) is 11.3. The zero-order valence-corrected chi connectivity index (χ0v) is 12.1. The largest absolute Gasteiger partial charge is 0.462 e. The minimum Gasteiger partial charge on any atom is -0.462 e. The number of aromatic nitrogens is 1. The van der Waals surface area contributed by atoms with E-state index in [-0.39, 0.29) is 17.7 Å². The van der Waals surface area contributed by atoms with E-state index in [1.54, 1.807) is 31.2 Å². The van der Waals surface area contributed by atoms with Gasteiger partial charge in [0.1, 0.15) is 5.15 Å². The molecule has 0 atom stereocenters. The van der Waals surface area contributed by atoms with E-state index >= 15 is 0 Å². The first-order valence-electron chi connectivity index (χ1n) is 6.31. The summed E-state index contributed by atoms with van der Waals surface area (Å²) in [6.45, 7) is 1.99. The molecule has 1 N–H and O–H groups in total. The van der Waals surface area contributed by atoms with Gasteiger partial charge in [0.2, 0.25) is 0 Å². The summed E-state index contributed by atoms with van der Waals surface area (Å²) in [5.41, 5.74) is 1.04. The Bertz CT molecular complexity index is 673. The number of benzene rings is 1. The molecule has 0 radical (unpaired) electrons. The molecular weight excluding hydrogens is 292 g/mol. The molecule has 0 aliphatic carbocycles. The van der Waals surface area contributed by atoms with E-state index in [0.29, 0.717) is 16.8 Å². The molecule has 6 heteroatoms. The maximum absolute atomic E-state index is 12.1. The summed E-state index contributed by atoms with van der Waals surface area (Å²) in [5, 5.41) is 2.89. The van der Waals surface area contributed by atoms with Crippen molar-refractivity contribution in [3.63, 3.8) is 0 Å². The quantitative estimate of drug-likeness (QED) is 0.696. The number of esters is 1. The van der Waals surface area contributed by atoms with Gasteiger partial charge in [-0.05, 0) is 31.2 Å². The number of ether oxygens (including phenoxy) is 1. The molecule has 0 aliphatic heterocycles. The molecular formula is C15H13ClN2O3. The Labute approximate surface area is 126 Å². The van der Waals surface area contributed by atoms with Crippen molar-refractivity contribution in [1.29, 1.82) is 0 Å². The highest BCUT2D eigenvalue weighted by atomic mass is 35.5. The van der Waals surface area contributed by atoms with Crippen molar-refractivity contribution < 1.29 is 14.3 Å². The van der Waals surface area contributed by atoms with Crippen LogP contribution in [-0.4, -0.2) is 23.5 Å². The third-order valence-electron chi connectivity index (χ3n) is 2.66. The van der Waals surface area contributed by atoms with Crippen LogP contribution in [0.25, 0.3) is 0 Å². The van der Waals surface area contributed by atoms with Crippen LogP contribution in [0.1, 0.15) is 27.6 Å². The van der Waals surface area contributed by atoms with E-state index in [1.165, 1.54) is 18.3 Å². The highest BCUT2D eigenvalue weighted by Gasteiger charge is 2.14. The van der Waals surface area contributed by atoms with Gasteiger partial charge in [-0.1, -0.05) is 23.7 Å². The molecule has 0 saturated carbocycles. The summed E-state index contributed by atoms with van der Waals surface area (Å²) in [6.07, 6.45) is 1.44. The van der Waals surface area contributed by atoms with Crippen molar-refractivity contribution in [3.05, 3.63) is 58.9 Å². The van der Waals surface area contributed by atoms with E-state index in [4.69, 9.17) is 16.3 Å². The maximum Gasteiger partial charge on any atom is 0.340 e. The molecule has 0 aliphatic rings. The molecule has 1 amide bonds. The minimum atomic E-state index is -0.485. The van der Waals surface area contributed by atoms with Crippen LogP contribution in [0.5, 0.6) is 0 Å². The van der Waals surface area contributed by atoms with Crippen LogP contribution in [0.2, 0.25) is 5.15 Å². The van der Waals surface area contributed by atoms with Gasteiger partial charge in [-0.25, -0.2) is 9.78 Å². The molecule has 0 unspecified atom stereocenters. The molecule has 0 fully saturated rings. The Kier molecular flexibility index (Phi) is 4.90. The van der Waals surface area contributed by atoms with Gasteiger partial charge < -0.3 is 10.1 Å². The fourth-order valence-corrected chi connectivity index (χ4v) is 1.89. The maximum atomic E-state index is 12.1. The van der Waals surface area contributed by atoms with Gasteiger partial charge in [0, 0.05) is 11.8 Å². The number of pyridine rings is 1. The highest BCUT2D eigenvalue weighted by molar-refractivity contribution is 6.29. The lowest BCUT2D eigenvalue weighted by Gasteiger charge is -2.10. The zero-order chi connectivity index (χ0) is 15.2. The van der Waals surface area contributed by atoms with Gasteiger partial charge in [-0.3, -0.25) is 4.79 Å². The lowest BCUT2D eigenvalue weighted by atomic mass is 10.1. The van der Waals surface area contributed by atoms with E-state index in [1.807, 2.05) is 0 Å². The molecule has 1 heterocycles. The molecule has 2 aromatic rings. The number of carbonyl (C=O) groups is 2. The monoisotopic (exact) mass is 304 g/mol. The Balaban J connectivity index is 2.23. The van der Waals surface area contributed by atoms with Crippen LogP contribution in [0.15, 0.2) is 42.6 Å². The van der Waals surface area contributed by atoms with Gasteiger partial charge in [-0.15, -0.1) is 0 Å². The van der Waals surface area contributed by atoms with Crippen LogP contribution in [0, 0.1) is 0 Å². The summed E-state index contributed by atoms with van der Waals surface area (Å²) in [4.78, 5) is 27.8. The van der Waals surface area contributed by atoms with Crippen molar-refractivity contribution in [3.8, 4) is 0 Å². The summed E-state index contributed by atoms with van der Waals surface area (Å²) < 4.78 is 4.95. The van der Waals surface area contributed by atoms with Crippen LogP contribution in [0.4, 0.5) is 5.69 Å². The first-order chi connectivity index (χ1) is 10.1. The topological polar surface area (TPSA) is 68.3 Å². The predicted molar refractivity (Wildman–Crippen MR) is 79.6 cm³/mol. The van der Waals surface area contributed by atoms with E-state index in [9.17, 15) is 9.59 Å². The smallest absolute Gasteiger partial charge is 0.340 e. The van der Waals surface area contributed by atoms with E-state index in [0.717, 1.165) is 0 Å². The van der Waals surface area contributed by atoms with E-state index in [2.05, 4.69) is 10.3 Å². The molecule has 0 saturated heterocycles. The number of carbonyl (C=O) groups excluding carboxylic acids is 2. The summed E-state index contributed by atoms with van der Waals surface area (Å²) in [7, 11) is 0.